The van der Waals surface area contributed by atoms with Crippen LogP contribution in [0.2, 0.25) is 5.02 Å². The highest BCUT2D eigenvalue weighted by Crippen LogP contribution is 2.37. The van der Waals surface area contributed by atoms with Gasteiger partial charge in [0.05, 0.1) is 19.8 Å². The molecule has 1 aliphatic rings. The Morgan fingerprint density at radius 1 is 1.14 bits per heavy atom. The molecule has 3 aromatic rings. The van der Waals surface area contributed by atoms with Crippen molar-refractivity contribution in [2.45, 2.75) is 31.3 Å². The Balaban J connectivity index is 1.51. The van der Waals surface area contributed by atoms with Crippen LogP contribution < -0.4 is 4.74 Å². The van der Waals surface area contributed by atoms with Gasteiger partial charge in [-0.15, -0.1) is 0 Å². The summed E-state index contributed by atoms with van der Waals surface area (Å²) in [5, 5.41) is 12.3. The standard InChI is InChI=1S/C28H30ClNO5/c1-20(15-21-11-13-25(14-12-21)34-18-27(31)33-2)30-17-26(22-7-6-10-24(29)16-22)35-28(32,19-30)23-8-4-3-5-9-23/h3-14,16,20,26,32H,15,17-19H2,1-2H3. The van der Waals surface area contributed by atoms with Crippen molar-refractivity contribution in [2.24, 2.45) is 0 Å². The smallest absolute Gasteiger partial charge is 0.343 e. The molecule has 0 bridgehead atoms. The molecule has 184 valence electrons. The van der Waals surface area contributed by atoms with E-state index < -0.39 is 11.8 Å². The Hall–Kier alpha value is -2.90. The van der Waals surface area contributed by atoms with E-state index in [9.17, 15) is 9.90 Å². The van der Waals surface area contributed by atoms with Crippen molar-refractivity contribution in [3.8, 4) is 5.75 Å². The normalized spacial score (nSPS) is 21.3. The minimum absolute atomic E-state index is 0.122. The lowest BCUT2D eigenvalue weighted by Gasteiger charge is -2.46. The van der Waals surface area contributed by atoms with Gasteiger partial charge in [0.2, 0.25) is 5.79 Å². The highest BCUT2D eigenvalue weighted by Gasteiger charge is 2.42. The number of carbonyl (C=O) groups excluding carboxylic acids is 1. The summed E-state index contributed by atoms with van der Waals surface area (Å²) in [6.07, 6.45) is 0.425. The predicted octanol–water partition coefficient (Wildman–Crippen LogP) is 4.74. The van der Waals surface area contributed by atoms with E-state index in [4.69, 9.17) is 21.1 Å². The van der Waals surface area contributed by atoms with Crippen molar-refractivity contribution in [1.29, 1.82) is 0 Å². The van der Waals surface area contributed by atoms with Crippen LogP contribution in [0.4, 0.5) is 0 Å². The maximum atomic E-state index is 11.6. The zero-order valence-corrected chi connectivity index (χ0v) is 20.6. The lowest BCUT2D eigenvalue weighted by atomic mass is 9.97. The molecule has 0 radical (unpaired) electrons. The first-order valence-electron chi connectivity index (χ1n) is 11.6. The first kappa shape index (κ1) is 25.2. The van der Waals surface area contributed by atoms with Crippen LogP contribution in [0.15, 0.2) is 78.9 Å². The predicted molar refractivity (Wildman–Crippen MR) is 134 cm³/mol. The Kier molecular flexibility index (Phi) is 8.08. The molecule has 1 heterocycles. The quantitative estimate of drug-likeness (QED) is 0.455. The van der Waals surface area contributed by atoms with E-state index in [2.05, 4.69) is 16.6 Å². The molecule has 1 saturated heterocycles. The molecule has 4 rings (SSSR count). The van der Waals surface area contributed by atoms with Crippen LogP contribution in [0.5, 0.6) is 5.75 Å². The molecule has 6 nitrogen and oxygen atoms in total. The fourth-order valence-electron chi connectivity index (χ4n) is 4.33. The summed E-state index contributed by atoms with van der Waals surface area (Å²) in [7, 11) is 1.33. The summed E-state index contributed by atoms with van der Waals surface area (Å²) in [6.45, 7) is 2.99. The van der Waals surface area contributed by atoms with Gasteiger partial charge >= 0.3 is 5.97 Å². The SMILES string of the molecule is COC(=O)COc1ccc(CC(C)N2CC(c3cccc(Cl)c3)OC(O)(c3ccccc3)C2)cc1. The Labute approximate surface area is 211 Å². The van der Waals surface area contributed by atoms with Gasteiger partial charge < -0.3 is 19.3 Å². The Morgan fingerprint density at radius 2 is 1.89 bits per heavy atom. The third-order valence-corrected chi connectivity index (χ3v) is 6.50. The van der Waals surface area contributed by atoms with Crippen molar-refractivity contribution < 1.29 is 24.1 Å². The number of morpholine rings is 1. The maximum Gasteiger partial charge on any atom is 0.343 e. The molecule has 0 aliphatic carbocycles. The first-order chi connectivity index (χ1) is 16.9. The monoisotopic (exact) mass is 495 g/mol. The van der Waals surface area contributed by atoms with Gasteiger partial charge in [-0.1, -0.05) is 66.2 Å². The van der Waals surface area contributed by atoms with Gasteiger partial charge in [-0.3, -0.25) is 4.90 Å². The first-order valence-corrected chi connectivity index (χ1v) is 12.0. The number of ether oxygens (including phenoxy) is 3. The van der Waals surface area contributed by atoms with Crippen LogP contribution in [0, 0.1) is 0 Å². The Bertz CT molecular complexity index is 1120. The van der Waals surface area contributed by atoms with Gasteiger partial charge in [0.15, 0.2) is 6.61 Å². The number of hydrogen-bond donors (Lipinski definition) is 1. The van der Waals surface area contributed by atoms with Crippen LogP contribution >= 0.6 is 11.6 Å². The second kappa shape index (κ2) is 11.2. The average molecular weight is 496 g/mol. The topological polar surface area (TPSA) is 68.2 Å². The van der Waals surface area contributed by atoms with E-state index in [-0.39, 0.29) is 18.8 Å². The lowest BCUT2D eigenvalue weighted by Crippen LogP contribution is -2.54. The largest absolute Gasteiger partial charge is 0.482 e. The Morgan fingerprint density at radius 3 is 2.57 bits per heavy atom. The van der Waals surface area contributed by atoms with Gasteiger partial charge in [-0.25, -0.2) is 4.79 Å². The van der Waals surface area contributed by atoms with Crippen LogP contribution in [0.1, 0.15) is 29.7 Å². The summed E-state index contributed by atoms with van der Waals surface area (Å²) in [5.74, 6) is -1.26. The van der Waals surface area contributed by atoms with Crippen LogP contribution in [0.25, 0.3) is 0 Å². The van der Waals surface area contributed by atoms with Crippen molar-refractivity contribution in [3.63, 3.8) is 0 Å². The van der Waals surface area contributed by atoms with Gasteiger partial charge in [-0.05, 0) is 48.7 Å². The zero-order valence-electron chi connectivity index (χ0n) is 19.9. The molecule has 1 aliphatic heterocycles. The van der Waals surface area contributed by atoms with Gasteiger partial charge in [-0.2, -0.15) is 0 Å². The molecule has 0 saturated carbocycles. The third-order valence-electron chi connectivity index (χ3n) is 6.26. The van der Waals surface area contributed by atoms with Gasteiger partial charge in [0.1, 0.15) is 5.75 Å². The summed E-state index contributed by atoms with van der Waals surface area (Å²) < 4.78 is 16.3. The van der Waals surface area contributed by atoms with E-state index in [0.717, 1.165) is 23.1 Å². The van der Waals surface area contributed by atoms with Crippen molar-refractivity contribution in [3.05, 3.63) is 101 Å². The number of β-amino-alcohol motifs (C(OH)–C–C–N with tert-alkyl or cyclic N) is 1. The van der Waals surface area contributed by atoms with Crippen molar-refractivity contribution in [2.75, 3.05) is 26.8 Å². The fourth-order valence-corrected chi connectivity index (χ4v) is 4.53. The van der Waals surface area contributed by atoms with E-state index in [1.54, 1.807) is 0 Å². The highest BCUT2D eigenvalue weighted by molar-refractivity contribution is 6.30. The minimum atomic E-state index is -1.45. The molecule has 3 atom stereocenters. The molecule has 3 aromatic carbocycles. The average Bonchev–Trinajstić information content (AvgIpc) is 2.88. The molecule has 0 amide bonds. The molecular weight excluding hydrogens is 466 g/mol. The summed E-state index contributed by atoms with van der Waals surface area (Å²) >= 11 is 6.25. The van der Waals surface area contributed by atoms with E-state index >= 15 is 0 Å². The van der Waals surface area contributed by atoms with Gasteiger partial charge in [0.25, 0.3) is 0 Å². The van der Waals surface area contributed by atoms with Crippen LogP contribution in [-0.4, -0.2) is 48.8 Å². The summed E-state index contributed by atoms with van der Waals surface area (Å²) in [4.78, 5) is 13.5. The highest BCUT2D eigenvalue weighted by atomic mass is 35.5. The minimum Gasteiger partial charge on any atom is -0.482 e. The number of halogens is 1. The molecule has 1 fully saturated rings. The van der Waals surface area contributed by atoms with E-state index in [1.165, 1.54) is 7.11 Å². The number of esters is 1. The zero-order chi connectivity index (χ0) is 24.8. The number of benzene rings is 3. The number of hydrogen-bond acceptors (Lipinski definition) is 6. The molecule has 3 unspecified atom stereocenters. The molecule has 0 spiro atoms. The van der Waals surface area contributed by atoms with Crippen molar-refractivity contribution >= 4 is 17.6 Å². The molecule has 35 heavy (non-hydrogen) atoms. The molecular formula is C28H30ClNO5. The fraction of sp³-hybridized carbons (Fsp3) is 0.321. The van der Waals surface area contributed by atoms with Crippen molar-refractivity contribution in [1.82, 2.24) is 4.90 Å². The van der Waals surface area contributed by atoms with Crippen LogP contribution in [0.3, 0.4) is 0 Å². The number of methoxy groups -OCH3 is 1. The van der Waals surface area contributed by atoms with Crippen LogP contribution in [-0.2, 0) is 26.5 Å². The second-order valence-corrected chi connectivity index (χ2v) is 9.24. The summed E-state index contributed by atoms with van der Waals surface area (Å²) in [6, 6.07) is 24.9. The molecule has 0 aromatic heterocycles. The lowest BCUT2D eigenvalue weighted by molar-refractivity contribution is -0.283. The van der Waals surface area contributed by atoms with E-state index in [1.807, 2.05) is 78.9 Å². The second-order valence-electron chi connectivity index (χ2n) is 8.80. The molecule has 1 N–H and O–H groups in total. The van der Waals surface area contributed by atoms with Gasteiger partial charge in [0, 0.05) is 23.2 Å². The number of rotatable bonds is 8. The van der Waals surface area contributed by atoms with E-state index in [0.29, 0.717) is 23.9 Å². The number of aliphatic hydroxyl groups is 1. The number of nitrogens with zero attached hydrogens (tertiary/aromatic N) is 1. The molecule has 7 heteroatoms. The number of carbonyl (C=O) groups is 1. The maximum absolute atomic E-state index is 11.6. The summed E-state index contributed by atoms with van der Waals surface area (Å²) in [5.41, 5.74) is 2.77. The third kappa shape index (κ3) is 6.41.